The Morgan fingerprint density at radius 3 is 2.26 bits per heavy atom. The molecule has 1 saturated carbocycles. The van der Waals surface area contributed by atoms with Crippen LogP contribution in [-0.4, -0.2) is 37.5 Å². The van der Waals surface area contributed by atoms with Crippen LogP contribution in [0.5, 0.6) is 0 Å². The number of carboxylic acids is 1. The van der Waals surface area contributed by atoms with Gasteiger partial charge >= 0.3 is 5.97 Å². The van der Waals surface area contributed by atoms with Gasteiger partial charge in [0.25, 0.3) is 0 Å². The maximum Gasteiger partial charge on any atom is 0.312 e. The molecule has 2 rings (SSSR count). The summed E-state index contributed by atoms with van der Waals surface area (Å²) in [6.07, 6.45) is 1.06. The quantitative estimate of drug-likeness (QED) is 0.846. The molecular weight excluding hydrogens is 334 g/mol. The summed E-state index contributed by atoms with van der Waals surface area (Å²) < 4.78 is 24.4. The molecule has 7 heteroatoms. The lowest BCUT2D eigenvalue weighted by Gasteiger charge is -2.09. The van der Waals surface area contributed by atoms with E-state index in [2.05, 4.69) is 15.9 Å². The third-order valence-corrected chi connectivity index (χ3v) is 5.83. The molecule has 0 bridgehead atoms. The maximum absolute atomic E-state index is 11.8. The number of halogens is 1. The molecule has 1 fully saturated rings. The standard InChI is InChI=1S/C12H14BrNO4S/c1-19(17,18)10-9(12(10,6-14)11(15)16)7-2-4-8(13)5-3-7/h2-5,9-10H,6,14H2,1H3,(H,15,16)/t9-,10-,12-/m1/s1. The molecule has 5 nitrogen and oxygen atoms in total. The van der Waals surface area contributed by atoms with Gasteiger partial charge in [0.1, 0.15) is 5.41 Å². The highest BCUT2D eigenvalue weighted by Crippen LogP contribution is 2.62. The number of carboxylic acid groups (broad SMARTS) is 1. The second kappa shape index (κ2) is 4.57. The molecule has 1 aliphatic carbocycles. The smallest absolute Gasteiger partial charge is 0.312 e. The average molecular weight is 348 g/mol. The number of nitrogens with two attached hydrogens (primary N) is 1. The van der Waals surface area contributed by atoms with Crippen molar-refractivity contribution in [1.29, 1.82) is 0 Å². The van der Waals surface area contributed by atoms with E-state index in [-0.39, 0.29) is 6.54 Å². The molecule has 0 radical (unpaired) electrons. The molecule has 0 aliphatic heterocycles. The summed E-state index contributed by atoms with van der Waals surface area (Å²) in [5, 5.41) is 8.42. The van der Waals surface area contributed by atoms with E-state index in [4.69, 9.17) is 5.73 Å². The van der Waals surface area contributed by atoms with Crippen LogP contribution < -0.4 is 5.73 Å². The number of hydrogen-bond acceptors (Lipinski definition) is 4. The minimum atomic E-state index is -3.47. The molecule has 19 heavy (non-hydrogen) atoms. The highest BCUT2D eigenvalue weighted by atomic mass is 79.9. The van der Waals surface area contributed by atoms with E-state index in [0.717, 1.165) is 10.7 Å². The zero-order valence-corrected chi connectivity index (χ0v) is 12.6. The van der Waals surface area contributed by atoms with Crippen LogP contribution in [0.1, 0.15) is 11.5 Å². The number of aliphatic carboxylic acids is 1. The third kappa shape index (κ3) is 2.19. The van der Waals surface area contributed by atoms with Gasteiger partial charge in [-0.1, -0.05) is 28.1 Å². The van der Waals surface area contributed by atoms with E-state index in [1.165, 1.54) is 0 Å². The van der Waals surface area contributed by atoms with Crippen LogP contribution >= 0.6 is 15.9 Å². The van der Waals surface area contributed by atoms with Gasteiger partial charge in [-0.15, -0.1) is 0 Å². The lowest BCUT2D eigenvalue weighted by Crippen LogP contribution is -2.31. The van der Waals surface area contributed by atoms with Crippen molar-refractivity contribution in [2.24, 2.45) is 11.1 Å². The topological polar surface area (TPSA) is 97.5 Å². The maximum atomic E-state index is 11.8. The molecule has 0 amide bonds. The van der Waals surface area contributed by atoms with E-state index in [9.17, 15) is 18.3 Å². The fraction of sp³-hybridized carbons (Fsp3) is 0.417. The van der Waals surface area contributed by atoms with Gasteiger partial charge in [0, 0.05) is 23.2 Å². The Hall–Kier alpha value is -0.920. The Balaban J connectivity index is 2.50. The average Bonchev–Trinajstić information content (AvgIpc) is 3.00. The van der Waals surface area contributed by atoms with Gasteiger partial charge in [0.2, 0.25) is 0 Å². The van der Waals surface area contributed by atoms with Crippen LogP contribution in [0, 0.1) is 5.41 Å². The molecule has 3 atom stereocenters. The normalized spacial score (nSPS) is 30.1. The first-order valence-corrected chi connectivity index (χ1v) is 8.37. The SMILES string of the molecule is CS(=O)(=O)[C@@H]1[C@@H](c2ccc(Br)cc2)[C@@]1(CN)C(=O)O. The minimum Gasteiger partial charge on any atom is -0.481 e. The number of hydrogen-bond donors (Lipinski definition) is 2. The molecule has 3 N–H and O–H groups in total. The molecule has 104 valence electrons. The Labute approximate surface area is 119 Å². The van der Waals surface area contributed by atoms with Gasteiger partial charge in [-0.25, -0.2) is 8.42 Å². The van der Waals surface area contributed by atoms with Gasteiger partial charge in [-0.05, 0) is 17.7 Å². The lowest BCUT2D eigenvalue weighted by atomic mass is 9.99. The Morgan fingerprint density at radius 2 is 1.95 bits per heavy atom. The summed E-state index contributed by atoms with van der Waals surface area (Å²) in [7, 11) is -3.47. The number of sulfone groups is 1. The van der Waals surface area contributed by atoms with Crippen LogP contribution in [-0.2, 0) is 14.6 Å². The molecule has 1 aliphatic rings. The minimum absolute atomic E-state index is 0.194. The summed E-state index contributed by atoms with van der Waals surface area (Å²) in [5.41, 5.74) is 4.85. The van der Waals surface area contributed by atoms with Crippen molar-refractivity contribution < 1.29 is 18.3 Å². The second-order valence-corrected chi connectivity index (χ2v) is 7.91. The van der Waals surface area contributed by atoms with E-state index in [0.29, 0.717) is 5.56 Å². The zero-order chi connectivity index (χ0) is 14.4. The Kier molecular flexibility index (Phi) is 3.49. The van der Waals surface area contributed by atoms with Gasteiger partial charge in [0.15, 0.2) is 9.84 Å². The van der Waals surface area contributed by atoms with Crippen molar-refractivity contribution in [2.45, 2.75) is 11.2 Å². The molecule has 1 aromatic rings. The fourth-order valence-corrected chi connectivity index (χ4v) is 4.95. The van der Waals surface area contributed by atoms with Gasteiger partial charge < -0.3 is 10.8 Å². The Bertz CT molecular complexity index is 613. The van der Waals surface area contributed by atoms with Crippen LogP contribution in [0.2, 0.25) is 0 Å². The van der Waals surface area contributed by atoms with Crippen LogP contribution in [0.15, 0.2) is 28.7 Å². The molecule has 0 aromatic heterocycles. The van der Waals surface area contributed by atoms with Crippen molar-refractivity contribution >= 4 is 31.7 Å². The van der Waals surface area contributed by atoms with Gasteiger partial charge in [-0.2, -0.15) is 0 Å². The van der Waals surface area contributed by atoms with E-state index in [1.807, 2.05) is 0 Å². The van der Waals surface area contributed by atoms with E-state index >= 15 is 0 Å². The van der Waals surface area contributed by atoms with Crippen LogP contribution in [0.25, 0.3) is 0 Å². The lowest BCUT2D eigenvalue weighted by molar-refractivity contribution is -0.143. The summed E-state index contributed by atoms with van der Waals surface area (Å²) in [4.78, 5) is 11.5. The van der Waals surface area contributed by atoms with E-state index < -0.39 is 32.4 Å². The van der Waals surface area contributed by atoms with E-state index in [1.54, 1.807) is 24.3 Å². The summed E-state index contributed by atoms with van der Waals surface area (Å²) in [6, 6.07) is 6.98. The predicted molar refractivity (Wildman–Crippen MR) is 74.6 cm³/mol. The number of carbonyl (C=O) groups is 1. The molecule has 0 heterocycles. The fourth-order valence-electron chi connectivity index (χ4n) is 2.76. The molecule has 0 spiro atoms. The first-order valence-electron chi connectivity index (χ1n) is 5.63. The van der Waals surface area contributed by atoms with Crippen molar-refractivity contribution in [3.05, 3.63) is 34.3 Å². The first-order chi connectivity index (χ1) is 8.75. The summed E-state index contributed by atoms with van der Waals surface area (Å²) in [5.74, 6) is -1.74. The summed E-state index contributed by atoms with van der Waals surface area (Å²) in [6.45, 7) is -0.194. The molecular formula is C12H14BrNO4S. The summed E-state index contributed by atoms with van der Waals surface area (Å²) >= 11 is 3.28. The molecule has 0 unspecified atom stereocenters. The third-order valence-electron chi connectivity index (χ3n) is 3.68. The number of benzene rings is 1. The van der Waals surface area contributed by atoms with Crippen LogP contribution in [0.3, 0.4) is 0 Å². The zero-order valence-electron chi connectivity index (χ0n) is 10.2. The van der Waals surface area contributed by atoms with Crippen molar-refractivity contribution in [3.8, 4) is 0 Å². The van der Waals surface area contributed by atoms with Crippen molar-refractivity contribution in [2.75, 3.05) is 12.8 Å². The van der Waals surface area contributed by atoms with Crippen molar-refractivity contribution in [3.63, 3.8) is 0 Å². The molecule has 1 aromatic carbocycles. The highest BCUT2D eigenvalue weighted by molar-refractivity contribution is 9.10. The largest absolute Gasteiger partial charge is 0.481 e. The Morgan fingerprint density at radius 1 is 1.42 bits per heavy atom. The monoisotopic (exact) mass is 347 g/mol. The number of rotatable bonds is 4. The predicted octanol–water partition coefficient (Wildman–Crippen LogP) is 0.989. The first kappa shape index (κ1) is 14.5. The van der Waals surface area contributed by atoms with Crippen molar-refractivity contribution in [1.82, 2.24) is 0 Å². The second-order valence-electron chi connectivity index (χ2n) is 4.83. The van der Waals surface area contributed by atoms with Crippen LogP contribution in [0.4, 0.5) is 0 Å². The van der Waals surface area contributed by atoms with Gasteiger partial charge in [0.05, 0.1) is 5.25 Å². The van der Waals surface area contributed by atoms with Gasteiger partial charge in [-0.3, -0.25) is 4.79 Å². The molecule has 0 saturated heterocycles. The highest BCUT2D eigenvalue weighted by Gasteiger charge is 2.74.